The predicted octanol–water partition coefficient (Wildman–Crippen LogP) is 2.78. The zero-order chi connectivity index (χ0) is 11.7. The first-order chi connectivity index (χ1) is 8.36. The van der Waals surface area contributed by atoms with Gasteiger partial charge in [0.1, 0.15) is 0 Å². The molecule has 0 radical (unpaired) electrons. The summed E-state index contributed by atoms with van der Waals surface area (Å²) in [4.78, 5) is 2.89. The largest absolute Gasteiger partial charge is 0.313 e. The molecule has 0 bridgehead atoms. The molecule has 2 saturated carbocycles. The third-order valence-corrected chi connectivity index (χ3v) is 5.17. The third kappa shape index (κ3) is 2.85. The molecule has 3 aliphatic rings. The summed E-state index contributed by atoms with van der Waals surface area (Å²) in [6.07, 6.45) is 11.6. The van der Waals surface area contributed by atoms with Gasteiger partial charge in [-0.2, -0.15) is 0 Å². The van der Waals surface area contributed by atoms with Crippen LogP contribution in [0.5, 0.6) is 0 Å². The average molecular weight is 236 g/mol. The van der Waals surface area contributed by atoms with Gasteiger partial charge in [-0.15, -0.1) is 0 Å². The van der Waals surface area contributed by atoms with Gasteiger partial charge in [-0.3, -0.25) is 4.90 Å². The Bertz CT molecular complexity index is 243. The molecule has 1 N–H and O–H groups in total. The van der Waals surface area contributed by atoms with Gasteiger partial charge >= 0.3 is 0 Å². The van der Waals surface area contributed by atoms with Crippen LogP contribution in [0.1, 0.15) is 58.3 Å². The van der Waals surface area contributed by atoms with Gasteiger partial charge in [0.05, 0.1) is 0 Å². The summed E-state index contributed by atoms with van der Waals surface area (Å²) in [7, 11) is 0. The van der Waals surface area contributed by atoms with E-state index in [1.807, 2.05) is 0 Å². The summed E-state index contributed by atoms with van der Waals surface area (Å²) in [6, 6.07) is 2.68. The summed E-state index contributed by atoms with van der Waals surface area (Å²) in [5.74, 6) is 1.03. The summed E-state index contributed by atoms with van der Waals surface area (Å²) in [5.41, 5.74) is 0. The van der Waals surface area contributed by atoms with Crippen LogP contribution in [0.3, 0.4) is 0 Å². The van der Waals surface area contributed by atoms with Crippen molar-refractivity contribution in [3.8, 4) is 0 Å². The first-order valence-corrected chi connectivity index (χ1v) is 7.86. The van der Waals surface area contributed by atoms with Crippen molar-refractivity contribution in [1.29, 1.82) is 0 Å². The Morgan fingerprint density at radius 3 is 2.47 bits per heavy atom. The van der Waals surface area contributed by atoms with Gasteiger partial charge in [-0.1, -0.05) is 13.3 Å². The van der Waals surface area contributed by atoms with Crippen molar-refractivity contribution in [3.05, 3.63) is 0 Å². The van der Waals surface area contributed by atoms with Gasteiger partial charge < -0.3 is 5.32 Å². The molecular formula is C15H28N2. The topological polar surface area (TPSA) is 15.3 Å². The fourth-order valence-corrected chi connectivity index (χ4v) is 3.89. The summed E-state index contributed by atoms with van der Waals surface area (Å²) in [5, 5.41) is 3.68. The van der Waals surface area contributed by atoms with Crippen LogP contribution in [-0.2, 0) is 0 Å². The van der Waals surface area contributed by atoms with Crippen molar-refractivity contribution < 1.29 is 0 Å². The monoisotopic (exact) mass is 236 g/mol. The molecule has 3 unspecified atom stereocenters. The highest BCUT2D eigenvalue weighted by Crippen LogP contribution is 2.37. The Kier molecular flexibility index (Phi) is 3.72. The maximum absolute atomic E-state index is 3.68. The van der Waals surface area contributed by atoms with Crippen LogP contribution < -0.4 is 5.32 Å². The second-order valence-electron chi connectivity index (χ2n) is 6.46. The predicted molar refractivity (Wildman–Crippen MR) is 72.2 cm³/mol. The standard InChI is InChI=1S/C15H28N2/c1-2-12-5-6-15(10-12)17(14-7-8-14)11-13-4-3-9-16-13/h12-16H,2-11H2,1H3. The molecule has 0 spiro atoms. The highest BCUT2D eigenvalue weighted by Gasteiger charge is 2.38. The van der Waals surface area contributed by atoms with E-state index >= 15 is 0 Å². The zero-order valence-electron chi connectivity index (χ0n) is 11.3. The third-order valence-electron chi connectivity index (χ3n) is 5.17. The van der Waals surface area contributed by atoms with Crippen LogP contribution in [0.4, 0.5) is 0 Å². The van der Waals surface area contributed by atoms with Crippen LogP contribution >= 0.6 is 0 Å². The van der Waals surface area contributed by atoms with E-state index < -0.39 is 0 Å². The van der Waals surface area contributed by atoms with Crippen molar-refractivity contribution in [2.24, 2.45) is 5.92 Å². The van der Waals surface area contributed by atoms with Crippen molar-refractivity contribution in [1.82, 2.24) is 10.2 Å². The van der Waals surface area contributed by atoms with Crippen LogP contribution in [0, 0.1) is 5.92 Å². The van der Waals surface area contributed by atoms with Crippen LogP contribution in [-0.4, -0.2) is 36.1 Å². The molecule has 2 nitrogen and oxygen atoms in total. The molecule has 3 rings (SSSR count). The maximum Gasteiger partial charge on any atom is 0.0195 e. The first kappa shape index (κ1) is 12.0. The van der Waals surface area contributed by atoms with Gasteiger partial charge in [-0.25, -0.2) is 0 Å². The Morgan fingerprint density at radius 1 is 1.06 bits per heavy atom. The molecule has 1 saturated heterocycles. The fourth-order valence-electron chi connectivity index (χ4n) is 3.89. The van der Waals surface area contributed by atoms with Crippen LogP contribution in [0.15, 0.2) is 0 Å². The molecule has 0 amide bonds. The maximum atomic E-state index is 3.68. The fraction of sp³-hybridized carbons (Fsp3) is 1.00. The van der Waals surface area contributed by atoms with E-state index in [9.17, 15) is 0 Å². The number of nitrogens with one attached hydrogen (secondary N) is 1. The lowest BCUT2D eigenvalue weighted by Gasteiger charge is -2.31. The summed E-state index contributed by atoms with van der Waals surface area (Å²) >= 11 is 0. The molecular weight excluding hydrogens is 208 g/mol. The lowest BCUT2D eigenvalue weighted by atomic mass is 10.0. The smallest absolute Gasteiger partial charge is 0.0195 e. The van der Waals surface area contributed by atoms with Gasteiger partial charge in [-0.05, 0) is 57.4 Å². The Hall–Kier alpha value is -0.0800. The molecule has 2 aliphatic carbocycles. The van der Waals surface area contributed by atoms with Crippen LogP contribution in [0.25, 0.3) is 0 Å². The van der Waals surface area contributed by atoms with Gasteiger partial charge in [0.2, 0.25) is 0 Å². The van der Waals surface area contributed by atoms with Crippen LogP contribution in [0.2, 0.25) is 0 Å². The zero-order valence-corrected chi connectivity index (χ0v) is 11.3. The van der Waals surface area contributed by atoms with Crippen molar-refractivity contribution >= 4 is 0 Å². The van der Waals surface area contributed by atoms with Gasteiger partial charge in [0.25, 0.3) is 0 Å². The number of hydrogen-bond donors (Lipinski definition) is 1. The number of nitrogens with zero attached hydrogens (tertiary/aromatic N) is 1. The lowest BCUT2D eigenvalue weighted by molar-refractivity contribution is 0.168. The minimum Gasteiger partial charge on any atom is -0.313 e. The molecule has 17 heavy (non-hydrogen) atoms. The molecule has 3 fully saturated rings. The molecule has 0 aromatic rings. The van der Waals surface area contributed by atoms with Gasteiger partial charge in [0, 0.05) is 24.7 Å². The molecule has 0 aromatic carbocycles. The normalized spacial score (nSPS) is 38.1. The SMILES string of the molecule is CCC1CCC(N(CC2CCCN2)C2CC2)C1. The van der Waals surface area contributed by atoms with E-state index in [0.717, 1.165) is 24.0 Å². The number of rotatable bonds is 5. The highest BCUT2D eigenvalue weighted by atomic mass is 15.2. The Labute approximate surface area is 106 Å². The Balaban J connectivity index is 1.56. The van der Waals surface area contributed by atoms with Crippen molar-refractivity contribution in [2.45, 2.75) is 76.4 Å². The Morgan fingerprint density at radius 2 is 1.88 bits per heavy atom. The lowest BCUT2D eigenvalue weighted by Crippen LogP contribution is -2.43. The average Bonchev–Trinajstić information content (AvgIpc) is 2.88. The van der Waals surface area contributed by atoms with E-state index in [2.05, 4.69) is 17.1 Å². The first-order valence-electron chi connectivity index (χ1n) is 7.86. The molecule has 2 heteroatoms. The highest BCUT2D eigenvalue weighted by molar-refractivity contribution is 4.94. The molecule has 1 heterocycles. The quantitative estimate of drug-likeness (QED) is 0.789. The molecule has 1 aliphatic heterocycles. The number of hydrogen-bond acceptors (Lipinski definition) is 2. The second kappa shape index (κ2) is 5.27. The van der Waals surface area contributed by atoms with E-state index in [0.29, 0.717) is 0 Å². The van der Waals surface area contributed by atoms with E-state index in [1.54, 1.807) is 0 Å². The molecule has 0 aromatic heterocycles. The summed E-state index contributed by atoms with van der Waals surface area (Å²) < 4.78 is 0. The van der Waals surface area contributed by atoms with E-state index in [-0.39, 0.29) is 0 Å². The second-order valence-corrected chi connectivity index (χ2v) is 6.46. The minimum absolute atomic E-state index is 0.802. The molecule has 98 valence electrons. The van der Waals surface area contributed by atoms with E-state index in [1.165, 1.54) is 64.5 Å². The van der Waals surface area contributed by atoms with Crippen molar-refractivity contribution in [3.63, 3.8) is 0 Å². The minimum atomic E-state index is 0.802. The van der Waals surface area contributed by atoms with E-state index in [4.69, 9.17) is 0 Å². The molecule has 3 atom stereocenters. The summed E-state index contributed by atoms with van der Waals surface area (Å²) in [6.45, 7) is 4.96. The van der Waals surface area contributed by atoms with Gasteiger partial charge in [0.15, 0.2) is 0 Å². The van der Waals surface area contributed by atoms with Crippen molar-refractivity contribution in [2.75, 3.05) is 13.1 Å².